The first-order chi connectivity index (χ1) is 8.02. The van der Waals surface area contributed by atoms with Gasteiger partial charge in [-0.3, -0.25) is 4.79 Å². The van der Waals surface area contributed by atoms with E-state index < -0.39 is 0 Å². The number of carbonyl (C=O) groups is 1. The summed E-state index contributed by atoms with van der Waals surface area (Å²) in [6.45, 7) is 2.29. The van der Waals surface area contributed by atoms with Crippen molar-refractivity contribution in [2.45, 2.75) is 19.4 Å². The van der Waals surface area contributed by atoms with Gasteiger partial charge in [-0.2, -0.15) is 0 Å². The number of hydrogen-bond donors (Lipinski definition) is 1. The topological polar surface area (TPSA) is 55.6 Å². The molecule has 0 radical (unpaired) electrons. The largest absolute Gasteiger partial charge is 0.493 e. The standard InChI is InChI=1S/C13H20N2O2/c1-10(14)11-6-4-5-7-12(11)17-9-8-13(16)15(2)3/h4-7,10H,8-9,14H2,1-3H3. The minimum atomic E-state index is -0.0734. The Morgan fingerprint density at radius 2 is 2.06 bits per heavy atom. The van der Waals surface area contributed by atoms with Gasteiger partial charge in [-0.05, 0) is 13.0 Å². The minimum absolute atomic E-state index is 0.0586. The van der Waals surface area contributed by atoms with Gasteiger partial charge in [-0.1, -0.05) is 18.2 Å². The summed E-state index contributed by atoms with van der Waals surface area (Å²) < 4.78 is 5.59. The maximum atomic E-state index is 11.4. The van der Waals surface area contributed by atoms with Gasteiger partial charge in [0.1, 0.15) is 5.75 Å². The third kappa shape index (κ3) is 4.07. The molecule has 2 N–H and O–H groups in total. The van der Waals surface area contributed by atoms with Gasteiger partial charge >= 0.3 is 0 Å². The highest BCUT2D eigenvalue weighted by molar-refractivity contribution is 5.75. The van der Waals surface area contributed by atoms with Gasteiger partial charge in [-0.15, -0.1) is 0 Å². The normalized spacial score (nSPS) is 12.0. The molecule has 0 bridgehead atoms. The van der Waals surface area contributed by atoms with Crippen molar-refractivity contribution in [3.63, 3.8) is 0 Å². The second-order valence-electron chi connectivity index (χ2n) is 4.21. The molecule has 1 aromatic carbocycles. The van der Waals surface area contributed by atoms with Gasteiger partial charge < -0.3 is 15.4 Å². The summed E-state index contributed by atoms with van der Waals surface area (Å²) in [6, 6.07) is 7.56. The molecular weight excluding hydrogens is 216 g/mol. The Morgan fingerprint density at radius 1 is 1.41 bits per heavy atom. The van der Waals surface area contributed by atoms with Crippen molar-refractivity contribution in [1.29, 1.82) is 0 Å². The lowest BCUT2D eigenvalue weighted by atomic mass is 10.1. The van der Waals surface area contributed by atoms with Crippen molar-refractivity contribution in [1.82, 2.24) is 4.90 Å². The van der Waals surface area contributed by atoms with Gasteiger partial charge in [0, 0.05) is 25.7 Å². The smallest absolute Gasteiger partial charge is 0.225 e. The molecule has 0 fully saturated rings. The maximum Gasteiger partial charge on any atom is 0.225 e. The Bertz CT molecular complexity index is 375. The van der Waals surface area contributed by atoms with Crippen LogP contribution >= 0.6 is 0 Å². The third-order valence-corrected chi connectivity index (χ3v) is 2.48. The Labute approximate surface area is 102 Å². The van der Waals surface area contributed by atoms with E-state index in [-0.39, 0.29) is 11.9 Å². The highest BCUT2D eigenvalue weighted by Crippen LogP contribution is 2.23. The van der Waals surface area contributed by atoms with Crippen LogP contribution in [0.2, 0.25) is 0 Å². The van der Waals surface area contributed by atoms with Gasteiger partial charge in [0.15, 0.2) is 0 Å². The molecule has 0 heterocycles. The van der Waals surface area contributed by atoms with Gasteiger partial charge in [0.2, 0.25) is 5.91 Å². The van der Waals surface area contributed by atoms with E-state index in [1.807, 2.05) is 31.2 Å². The van der Waals surface area contributed by atoms with Crippen molar-refractivity contribution < 1.29 is 9.53 Å². The summed E-state index contributed by atoms with van der Waals surface area (Å²) in [5.74, 6) is 0.817. The Balaban J connectivity index is 2.55. The fourth-order valence-corrected chi connectivity index (χ4v) is 1.46. The van der Waals surface area contributed by atoms with Gasteiger partial charge in [0.25, 0.3) is 0 Å². The van der Waals surface area contributed by atoms with E-state index in [0.717, 1.165) is 11.3 Å². The molecule has 0 aliphatic carbocycles. The Kier molecular flexibility index (Phi) is 4.97. The molecule has 1 amide bonds. The van der Waals surface area contributed by atoms with Crippen molar-refractivity contribution >= 4 is 5.91 Å². The number of para-hydroxylation sites is 1. The number of ether oxygens (including phenoxy) is 1. The molecule has 0 aliphatic rings. The lowest BCUT2D eigenvalue weighted by Crippen LogP contribution is -2.23. The lowest BCUT2D eigenvalue weighted by Gasteiger charge is -2.14. The van der Waals surface area contributed by atoms with Crippen LogP contribution < -0.4 is 10.5 Å². The first kappa shape index (κ1) is 13.5. The zero-order valence-corrected chi connectivity index (χ0v) is 10.6. The number of hydrogen-bond acceptors (Lipinski definition) is 3. The van der Waals surface area contributed by atoms with Crippen molar-refractivity contribution in [3.8, 4) is 5.75 Å². The van der Waals surface area contributed by atoms with Crippen molar-refractivity contribution in [2.24, 2.45) is 5.73 Å². The summed E-state index contributed by atoms with van der Waals surface area (Å²) in [7, 11) is 3.47. The minimum Gasteiger partial charge on any atom is -0.493 e. The summed E-state index contributed by atoms with van der Waals surface area (Å²) >= 11 is 0. The molecule has 94 valence electrons. The molecule has 1 aromatic rings. The molecule has 0 saturated carbocycles. The van der Waals surface area contributed by atoms with E-state index in [1.165, 1.54) is 0 Å². The quantitative estimate of drug-likeness (QED) is 0.844. The molecule has 1 rings (SSSR count). The third-order valence-electron chi connectivity index (χ3n) is 2.48. The average Bonchev–Trinajstić information content (AvgIpc) is 2.29. The van der Waals surface area contributed by atoms with Crippen LogP contribution in [0.1, 0.15) is 24.9 Å². The number of nitrogens with zero attached hydrogens (tertiary/aromatic N) is 1. The van der Waals surface area contributed by atoms with Crippen LogP contribution in [0.5, 0.6) is 5.75 Å². The second-order valence-corrected chi connectivity index (χ2v) is 4.21. The van der Waals surface area contributed by atoms with Crippen LogP contribution in [0.15, 0.2) is 24.3 Å². The summed E-state index contributed by atoms with van der Waals surface area (Å²) in [6.07, 6.45) is 0.375. The van der Waals surface area contributed by atoms with E-state index >= 15 is 0 Å². The van der Waals surface area contributed by atoms with Crippen LogP contribution in [0, 0.1) is 0 Å². The Hall–Kier alpha value is -1.55. The van der Waals surface area contributed by atoms with Crippen LogP contribution in [0.25, 0.3) is 0 Å². The molecule has 0 spiro atoms. The zero-order valence-electron chi connectivity index (χ0n) is 10.6. The summed E-state index contributed by atoms with van der Waals surface area (Å²) in [5, 5.41) is 0. The first-order valence-corrected chi connectivity index (χ1v) is 5.70. The van der Waals surface area contributed by atoms with Crippen LogP contribution in [0.4, 0.5) is 0 Å². The number of rotatable bonds is 5. The summed E-state index contributed by atoms with van der Waals surface area (Å²) in [5.41, 5.74) is 6.80. The SMILES string of the molecule is CC(N)c1ccccc1OCCC(=O)N(C)C. The van der Waals surface area contributed by atoms with Crippen molar-refractivity contribution in [2.75, 3.05) is 20.7 Å². The fraction of sp³-hybridized carbons (Fsp3) is 0.462. The number of nitrogens with two attached hydrogens (primary N) is 1. The predicted octanol–water partition coefficient (Wildman–Crippen LogP) is 1.56. The van der Waals surface area contributed by atoms with Gasteiger partial charge in [-0.25, -0.2) is 0 Å². The van der Waals surface area contributed by atoms with E-state index in [9.17, 15) is 4.79 Å². The number of carbonyl (C=O) groups excluding carboxylic acids is 1. The van der Waals surface area contributed by atoms with E-state index in [1.54, 1.807) is 19.0 Å². The van der Waals surface area contributed by atoms with E-state index in [2.05, 4.69) is 0 Å². The zero-order chi connectivity index (χ0) is 12.8. The molecule has 17 heavy (non-hydrogen) atoms. The second kappa shape index (κ2) is 6.25. The van der Waals surface area contributed by atoms with Gasteiger partial charge in [0.05, 0.1) is 13.0 Å². The molecule has 1 unspecified atom stereocenters. The van der Waals surface area contributed by atoms with Crippen molar-refractivity contribution in [3.05, 3.63) is 29.8 Å². The molecule has 0 aromatic heterocycles. The molecule has 1 atom stereocenters. The Morgan fingerprint density at radius 3 is 2.65 bits per heavy atom. The maximum absolute atomic E-state index is 11.4. The van der Waals surface area contributed by atoms with Crippen LogP contribution in [-0.4, -0.2) is 31.5 Å². The number of benzene rings is 1. The predicted molar refractivity (Wildman–Crippen MR) is 67.9 cm³/mol. The first-order valence-electron chi connectivity index (χ1n) is 5.70. The monoisotopic (exact) mass is 236 g/mol. The molecule has 0 saturated heterocycles. The van der Waals surface area contributed by atoms with Crippen LogP contribution in [-0.2, 0) is 4.79 Å². The molecule has 4 heteroatoms. The average molecular weight is 236 g/mol. The fourth-order valence-electron chi connectivity index (χ4n) is 1.46. The number of amides is 1. The van der Waals surface area contributed by atoms with E-state index in [0.29, 0.717) is 13.0 Å². The molecule has 0 aliphatic heterocycles. The molecular formula is C13H20N2O2. The van der Waals surface area contributed by atoms with E-state index in [4.69, 9.17) is 10.5 Å². The van der Waals surface area contributed by atoms with Crippen LogP contribution in [0.3, 0.4) is 0 Å². The highest BCUT2D eigenvalue weighted by atomic mass is 16.5. The lowest BCUT2D eigenvalue weighted by molar-refractivity contribution is -0.129. The molecule has 4 nitrogen and oxygen atoms in total. The summed E-state index contributed by atoms with van der Waals surface area (Å²) in [4.78, 5) is 12.9. The highest BCUT2D eigenvalue weighted by Gasteiger charge is 2.08.